The van der Waals surface area contributed by atoms with Crippen molar-refractivity contribution in [3.05, 3.63) is 70.2 Å². The predicted molar refractivity (Wildman–Crippen MR) is 115 cm³/mol. The summed E-state index contributed by atoms with van der Waals surface area (Å²) < 4.78 is 1.02. The maximum absolute atomic E-state index is 13.0. The maximum atomic E-state index is 13.0. The van der Waals surface area contributed by atoms with Gasteiger partial charge in [0, 0.05) is 4.47 Å². The van der Waals surface area contributed by atoms with Crippen molar-refractivity contribution in [1.29, 1.82) is 5.26 Å². The van der Waals surface area contributed by atoms with Crippen LogP contribution in [-0.2, 0) is 4.79 Å². The molecule has 0 aromatic heterocycles. The maximum Gasteiger partial charge on any atom is 0.238 e. The van der Waals surface area contributed by atoms with Crippen molar-refractivity contribution in [2.24, 2.45) is 5.92 Å². The van der Waals surface area contributed by atoms with E-state index in [4.69, 9.17) is 0 Å². The van der Waals surface area contributed by atoms with Crippen molar-refractivity contribution < 1.29 is 4.79 Å². The van der Waals surface area contributed by atoms with Gasteiger partial charge in [-0.15, -0.1) is 0 Å². The SMILES string of the molecule is CC(C)C[C@H](NC(c1ccccc1)c1ccc(Br)cc1)C(=O)NC1(C#N)CC1. The highest BCUT2D eigenvalue weighted by molar-refractivity contribution is 9.10. The molecule has 1 aliphatic rings. The van der Waals surface area contributed by atoms with Crippen LogP contribution in [0.5, 0.6) is 0 Å². The zero-order chi connectivity index (χ0) is 20.1. The molecule has 0 saturated heterocycles. The zero-order valence-corrected chi connectivity index (χ0v) is 17.9. The largest absolute Gasteiger partial charge is 0.336 e. The molecule has 0 aliphatic heterocycles. The second-order valence-corrected chi connectivity index (χ2v) is 8.84. The summed E-state index contributed by atoms with van der Waals surface area (Å²) in [6, 6.07) is 20.1. The summed E-state index contributed by atoms with van der Waals surface area (Å²) in [6.45, 7) is 4.21. The number of benzene rings is 2. The Hall–Kier alpha value is -2.16. The van der Waals surface area contributed by atoms with E-state index in [1.165, 1.54) is 0 Å². The first-order valence-corrected chi connectivity index (χ1v) is 10.5. The molecular formula is C23H26BrN3O. The van der Waals surface area contributed by atoms with Crippen molar-refractivity contribution in [3.8, 4) is 6.07 Å². The van der Waals surface area contributed by atoms with E-state index in [2.05, 4.69) is 70.7 Å². The number of halogens is 1. The molecule has 2 aromatic rings. The summed E-state index contributed by atoms with van der Waals surface area (Å²) in [5.41, 5.74) is 1.54. The van der Waals surface area contributed by atoms with Crippen LogP contribution >= 0.6 is 15.9 Å². The number of carbonyl (C=O) groups is 1. The van der Waals surface area contributed by atoms with Gasteiger partial charge in [-0.25, -0.2) is 0 Å². The lowest BCUT2D eigenvalue weighted by Crippen LogP contribution is -2.50. The molecule has 1 fully saturated rings. The van der Waals surface area contributed by atoms with Crippen molar-refractivity contribution in [2.45, 2.75) is 50.7 Å². The molecular weight excluding hydrogens is 414 g/mol. The highest BCUT2D eigenvalue weighted by atomic mass is 79.9. The summed E-state index contributed by atoms with van der Waals surface area (Å²) in [5, 5.41) is 15.9. The summed E-state index contributed by atoms with van der Waals surface area (Å²) in [4.78, 5) is 13.0. The molecule has 146 valence electrons. The molecule has 1 aliphatic carbocycles. The van der Waals surface area contributed by atoms with Crippen LogP contribution in [0.15, 0.2) is 59.1 Å². The van der Waals surface area contributed by atoms with Gasteiger partial charge < -0.3 is 5.32 Å². The molecule has 0 bridgehead atoms. The first kappa shape index (κ1) is 20.6. The summed E-state index contributed by atoms with van der Waals surface area (Å²) in [6.07, 6.45) is 2.17. The minimum atomic E-state index is -0.659. The Morgan fingerprint density at radius 1 is 1.11 bits per heavy atom. The van der Waals surface area contributed by atoms with E-state index in [1.807, 2.05) is 30.3 Å². The molecule has 1 amide bonds. The highest BCUT2D eigenvalue weighted by Gasteiger charge is 2.45. The summed E-state index contributed by atoms with van der Waals surface area (Å²) in [5.74, 6) is 0.257. The van der Waals surface area contributed by atoms with Gasteiger partial charge >= 0.3 is 0 Å². The third-order valence-electron chi connectivity index (χ3n) is 5.05. The number of nitrogens with one attached hydrogen (secondary N) is 2. The molecule has 0 radical (unpaired) electrons. The monoisotopic (exact) mass is 439 g/mol. The Morgan fingerprint density at radius 2 is 1.71 bits per heavy atom. The van der Waals surface area contributed by atoms with E-state index < -0.39 is 5.54 Å². The molecule has 1 saturated carbocycles. The Morgan fingerprint density at radius 3 is 2.25 bits per heavy atom. The van der Waals surface area contributed by atoms with E-state index in [-0.39, 0.29) is 18.0 Å². The number of carbonyl (C=O) groups excluding carboxylic acids is 1. The number of rotatable bonds is 8. The molecule has 2 atom stereocenters. The first-order chi connectivity index (χ1) is 13.4. The average Bonchev–Trinajstić information content (AvgIpc) is 3.46. The van der Waals surface area contributed by atoms with Crippen LogP contribution in [0, 0.1) is 17.2 Å². The fraction of sp³-hybridized carbons (Fsp3) is 0.391. The molecule has 4 nitrogen and oxygen atoms in total. The lowest BCUT2D eigenvalue weighted by Gasteiger charge is -2.28. The Labute approximate surface area is 175 Å². The fourth-order valence-corrected chi connectivity index (χ4v) is 3.59. The molecule has 2 aromatic carbocycles. The third-order valence-corrected chi connectivity index (χ3v) is 5.58. The van der Waals surface area contributed by atoms with Crippen LogP contribution in [0.3, 0.4) is 0 Å². The number of nitriles is 1. The van der Waals surface area contributed by atoms with Crippen molar-refractivity contribution in [1.82, 2.24) is 10.6 Å². The fourth-order valence-electron chi connectivity index (χ4n) is 3.32. The normalized spacial score (nSPS) is 16.8. The smallest absolute Gasteiger partial charge is 0.238 e. The molecule has 0 spiro atoms. The van der Waals surface area contributed by atoms with Crippen LogP contribution in [-0.4, -0.2) is 17.5 Å². The lowest BCUT2D eigenvalue weighted by atomic mass is 9.95. The standard InChI is InChI=1S/C23H26BrN3O/c1-16(2)14-20(22(28)27-23(15-25)12-13-23)26-21(17-6-4-3-5-7-17)18-8-10-19(24)11-9-18/h3-11,16,20-21,26H,12-14H2,1-2H3,(H,27,28)/t20-,21?/m0/s1. The van der Waals surface area contributed by atoms with Crippen molar-refractivity contribution in [2.75, 3.05) is 0 Å². The van der Waals surface area contributed by atoms with Gasteiger partial charge in [0.1, 0.15) is 5.54 Å². The number of hydrogen-bond donors (Lipinski definition) is 2. The number of amides is 1. The number of nitrogens with zero attached hydrogens (tertiary/aromatic N) is 1. The minimum Gasteiger partial charge on any atom is -0.336 e. The quantitative estimate of drug-likeness (QED) is 0.625. The van der Waals surface area contributed by atoms with E-state index in [0.29, 0.717) is 12.3 Å². The van der Waals surface area contributed by atoms with E-state index >= 15 is 0 Å². The minimum absolute atomic E-state index is 0.0919. The molecule has 5 heteroatoms. The van der Waals surface area contributed by atoms with Crippen molar-refractivity contribution in [3.63, 3.8) is 0 Å². The van der Waals surface area contributed by atoms with Gasteiger partial charge in [0.05, 0.1) is 18.2 Å². The van der Waals surface area contributed by atoms with Gasteiger partial charge in [-0.05, 0) is 48.4 Å². The first-order valence-electron chi connectivity index (χ1n) is 9.72. The van der Waals surface area contributed by atoms with E-state index in [0.717, 1.165) is 28.4 Å². The van der Waals surface area contributed by atoms with Crippen molar-refractivity contribution >= 4 is 21.8 Å². The van der Waals surface area contributed by atoms with Gasteiger partial charge in [0.2, 0.25) is 5.91 Å². The lowest BCUT2D eigenvalue weighted by molar-refractivity contribution is -0.124. The van der Waals surface area contributed by atoms with Crippen LogP contribution < -0.4 is 10.6 Å². The van der Waals surface area contributed by atoms with Gasteiger partial charge in [-0.3, -0.25) is 10.1 Å². The Balaban J connectivity index is 1.87. The topological polar surface area (TPSA) is 64.9 Å². The average molecular weight is 440 g/mol. The predicted octanol–water partition coefficient (Wildman–Crippen LogP) is 4.72. The Kier molecular flexibility index (Phi) is 6.53. The summed E-state index contributed by atoms with van der Waals surface area (Å²) >= 11 is 3.49. The van der Waals surface area contributed by atoms with Crippen LogP contribution in [0.4, 0.5) is 0 Å². The second kappa shape index (κ2) is 8.89. The molecule has 28 heavy (non-hydrogen) atoms. The second-order valence-electron chi connectivity index (χ2n) is 7.93. The van der Waals surface area contributed by atoms with Crippen LogP contribution in [0.1, 0.15) is 50.3 Å². The van der Waals surface area contributed by atoms with Gasteiger partial charge in [0.25, 0.3) is 0 Å². The number of hydrogen-bond acceptors (Lipinski definition) is 3. The molecule has 0 heterocycles. The Bertz CT molecular complexity index is 838. The zero-order valence-electron chi connectivity index (χ0n) is 16.3. The van der Waals surface area contributed by atoms with Gasteiger partial charge in [-0.2, -0.15) is 5.26 Å². The molecule has 3 rings (SSSR count). The third kappa shape index (κ3) is 5.21. The van der Waals surface area contributed by atoms with Gasteiger partial charge in [-0.1, -0.05) is 72.2 Å². The molecule has 1 unspecified atom stereocenters. The van der Waals surface area contributed by atoms with Crippen LogP contribution in [0.25, 0.3) is 0 Å². The van der Waals surface area contributed by atoms with E-state index in [1.54, 1.807) is 0 Å². The summed E-state index contributed by atoms with van der Waals surface area (Å²) in [7, 11) is 0. The van der Waals surface area contributed by atoms with Gasteiger partial charge in [0.15, 0.2) is 0 Å². The molecule has 2 N–H and O–H groups in total. The van der Waals surface area contributed by atoms with Crippen LogP contribution in [0.2, 0.25) is 0 Å². The van der Waals surface area contributed by atoms with E-state index in [9.17, 15) is 10.1 Å². The highest BCUT2D eigenvalue weighted by Crippen LogP contribution is 2.34.